The van der Waals surface area contributed by atoms with E-state index in [1.165, 1.54) is 0 Å². The van der Waals surface area contributed by atoms with E-state index in [-0.39, 0.29) is 6.04 Å². The standard InChI is InChI=1S/C15H19Cl2N3/c1-9(2)18-15-19-10(3)8-20(15)11(4)13-6-5-12(16)7-14(13)17/h5-9,11H,1-4H3,(H,18,19). The molecule has 0 spiro atoms. The quantitative estimate of drug-likeness (QED) is 0.867. The third kappa shape index (κ3) is 3.28. The molecule has 108 valence electrons. The molecule has 0 aliphatic rings. The van der Waals surface area contributed by atoms with E-state index in [2.05, 4.69) is 35.6 Å². The van der Waals surface area contributed by atoms with Crippen molar-refractivity contribution in [1.29, 1.82) is 0 Å². The number of hydrogen-bond acceptors (Lipinski definition) is 2. The van der Waals surface area contributed by atoms with Crippen molar-refractivity contribution in [2.75, 3.05) is 5.32 Å². The topological polar surface area (TPSA) is 29.9 Å². The maximum atomic E-state index is 6.30. The van der Waals surface area contributed by atoms with Crippen LogP contribution in [0.5, 0.6) is 0 Å². The summed E-state index contributed by atoms with van der Waals surface area (Å²) in [7, 11) is 0. The highest BCUT2D eigenvalue weighted by atomic mass is 35.5. The minimum absolute atomic E-state index is 0.0854. The second-order valence-electron chi connectivity index (χ2n) is 5.25. The Morgan fingerprint density at radius 3 is 2.50 bits per heavy atom. The number of rotatable bonds is 4. The van der Waals surface area contributed by atoms with Crippen LogP contribution in [0.25, 0.3) is 0 Å². The molecule has 0 saturated heterocycles. The lowest BCUT2D eigenvalue weighted by Crippen LogP contribution is -2.17. The van der Waals surface area contributed by atoms with E-state index >= 15 is 0 Å². The summed E-state index contributed by atoms with van der Waals surface area (Å²) in [4.78, 5) is 4.53. The number of benzene rings is 1. The maximum Gasteiger partial charge on any atom is 0.203 e. The highest BCUT2D eigenvalue weighted by molar-refractivity contribution is 6.35. The Bertz CT molecular complexity index is 605. The van der Waals surface area contributed by atoms with Crippen molar-refractivity contribution in [3.8, 4) is 0 Å². The van der Waals surface area contributed by atoms with E-state index in [9.17, 15) is 0 Å². The normalized spacial score (nSPS) is 12.8. The van der Waals surface area contributed by atoms with Crippen LogP contribution < -0.4 is 5.32 Å². The predicted molar refractivity (Wildman–Crippen MR) is 86.0 cm³/mol. The minimum Gasteiger partial charge on any atom is -0.353 e. The summed E-state index contributed by atoms with van der Waals surface area (Å²) in [6.45, 7) is 8.27. The molecular formula is C15H19Cl2N3. The molecule has 1 aromatic carbocycles. The summed E-state index contributed by atoms with van der Waals surface area (Å²) in [5, 5.41) is 4.68. The van der Waals surface area contributed by atoms with Gasteiger partial charge < -0.3 is 9.88 Å². The molecule has 0 aliphatic carbocycles. The first-order chi connectivity index (χ1) is 9.38. The molecule has 0 aliphatic heterocycles. The molecule has 1 atom stereocenters. The average Bonchev–Trinajstić information content (AvgIpc) is 2.68. The number of aromatic nitrogens is 2. The van der Waals surface area contributed by atoms with Crippen LogP contribution in [-0.2, 0) is 0 Å². The van der Waals surface area contributed by atoms with Crippen molar-refractivity contribution >= 4 is 29.2 Å². The molecule has 1 unspecified atom stereocenters. The maximum absolute atomic E-state index is 6.30. The van der Waals surface area contributed by atoms with Crippen molar-refractivity contribution in [2.45, 2.75) is 39.8 Å². The highest BCUT2D eigenvalue weighted by Gasteiger charge is 2.16. The Kier molecular flexibility index (Phi) is 4.61. The second-order valence-corrected chi connectivity index (χ2v) is 6.10. The van der Waals surface area contributed by atoms with Crippen LogP contribution in [0.3, 0.4) is 0 Å². The van der Waals surface area contributed by atoms with Crippen molar-refractivity contribution in [1.82, 2.24) is 9.55 Å². The number of nitrogens with zero attached hydrogens (tertiary/aromatic N) is 2. The molecular weight excluding hydrogens is 293 g/mol. The molecule has 3 nitrogen and oxygen atoms in total. The first kappa shape index (κ1) is 15.2. The van der Waals surface area contributed by atoms with E-state index < -0.39 is 0 Å². The fourth-order valence-electron chi connectivity index (χ4n) is 2.17. The Labute approximate surface area is 129 Å². The SMILES string of the molecule is Cc1cn(C(C)c2ccc(Cl)cc2Cl)c(NC(C)C)n1. The van der Waals surface area contributed by atoms with E-state index in [4.69, 9.17) is 23.2 Å². The van der Waals surface area contributed by atoms with Crippen molar-refractivity contribution in [2.24, 2.45) is 0 Å². The Balaban J connectivity index is 2.39. The first-order valence-corrected chi connectivity index (χ1v) is 7.41. The summed E-state index contributed by atoms with van der Waals surface area (Å²) in [6.07, 6.45) is 2.03. The largest absolute Gasteiger partial charge is 0.353 e. The number of imidazole rings is 1. The zero-order valence-corrected chi connectivity index (χ0v) is 13.6. The third-order valence-electron chi connectivity index (χ3n) is 3.10. The molecule has 20 heavy (non-hydrogen) atoms. The van der Waals surface area contributed by atoms with Crippen LogP contribution in [0, 0.1) is 6.92 Å². The van der Waals surface area contributed by atoms with Crippen LogP contribution in [0.2, 0.25) is 10.0 Å². The predicted octanol–water partition coefficient (Wildman–Crippen LogP) is 4.93. The van der Waals surface area contributed by atoms with Gasteiger partial charge in [0, 0.05) is 22.3 Å². The summed E-state index contributed by atoms with van der Waals surface area (Å²) >= 11 is 12.3. The Morgan fingerprint density at radius 2 is 1.90 bits per heavy atom. The fourth-order valence-corrected chi connectivity index (χ4v) is 2.73. The van der Waals surface area contributed by atoms with Gasteiger partial charge >= 0.3 is 0 Å². The second kappa shape index (κ2) is 6.06. The zero-order chi connectivity index (χ0) is 14.9. The van der Waals surface area contributed by atoms with Gasteiger partial charge in [-0.25, -0.2) is 4.98 Å². The average molecular weight is 312 g/mol. The van der Waals surface area contributed by atoms with Gasteiger partial charge in [-0.3, -0.25) is 0 Å². The molecule has 0 fully saturated rings. The summed E-state index contributed by atoms with van der Waals surface area (Å²) in [5.41, 5.74) is 2.00. The lowest BCUT2D eigenvalue weighted by atomic mass is 10.1. The van der Waals surface area contributed by atoms with Gasteiger partial charge in [0.25, 0.3) is 0 Å². The number of nitrogens with one attached hydrogen (secondary N) is 1. The van der Waals surface area contributed by atoms with Gasteiger partial charge in [0.05, 0.1) is 11.7 Å². The molecule has 1 heterocycles. The molecule has 1 aromatic heterocycles. The van der Waals surface area contributed by atoms with Crippen molar-refractivity contribution < 1.29 is 0 Å². The van der Waals surface area contributed by atoms with Crippen molar-refractivity contribution in [3.05, 3.63) is 45.7 Å². The number of halogens is 2. The summed E-state index contributed by atoms with van der Waals surface area (Å²) in [6, 6.07) is 6.00. The van der Waals surface area contributed by atoms with Gasteiger partial charge in [-0.15, -0.1) is 0 Å². The Morgan fingerprint density at radius 1 is 1.20 bits per heavy atom. The lowest BCUT2D eigenvalue weighted by molar-refractivity contribution is 0.638. The monoisotopic (exact) mass is 311 g/mol. The first-order valence-electron chi connectivity index (χ1n) is 6.65. The lowest BCUT2D eigenvalue weighted by Gasteiger charge is -2.19. The number of aryl methyl sites for hydroxylation is 1. The zero-order valence-electron chi connectivity index (χ0n) is 12.1. The van der Waals surface area contributed by atoms with E-state index in [0.717, 1.165) is 17.2 Å². The van der Waals surface area contributed by atoms with E-state index in [1.54, 1.807) is 6.07 Å². The molecule has 2 rings (SSSR count). The van der Waals surface area contributed by atoms with Gasteiger partial charge in [-0.1, -0.05) is 29.3 Å². The van der Waals surface area contributed by atoms with Crippen LogP contribution in [0.15, 0.2) is 24.4 Å². The summed E-state index contributed by atoms with van der Waals surface area (Å²) < 4.78 is 2.10. The van der Waals surface area contributed by atoms with Gasteiger partial charge in [0.15, 0.2) is 0 Å². The van der Waals surface area contributed by atoms with Crippen LogP contribution in [0.4, 0.5) is 5.95 Å². The number of anilines is 1. The molecule has 0 radical (unpaired) electrons. The highest BCUT2D eigenvalue weighted by Crippen LogP contribution is 2.30. The summed E-state index contributed by atoms with van der Waals surface area (Å²) in [5.74, 6) is 0.857. The Hall–Kier alpha value is -1.19. The van der Waals surface area contributed by atoms with Crippen LogP contribution in [0.1, 0.15) is 38.1 Å². The molecule has 1 N–H and O–H groups in total. The van der Waals surface area contributed by atoms with Gasteiger partial charge in [0.1, 0.15) is 0 Å². The number of hydrogen-bond donors (Lipinski definition) is 1. The molecule has 0 saturated carbocycles. The van der Waals surface area contributed by atoms with E-state index in [0.29, 0.717) is 16.1 Å². The van der Waals surface area contributed by atoms with Gasteiger partial charge in [-0.2, -0.15) is 0 Å². The fraction of sp³-hybridized carbons (Fsp3) is 0.400. The van der Waals surface area contributed by atoms with Gasteiger partial charge in [-0.05, 0) is 45.4 Å². The van der Waals surface area contributed by atoms with Crippen molar-refractivity contribution in [3.63, 3.8) is 0 Å². The molecule has 0 amide bonds. The van der Waals surface area contributed by atoms with Gasteiger partial charge in [0.2, 0.25) is 5.95 Å². The molecule has 0 bridgehead atoms. The molecule has 5 heteroatoms. The minimum atomic E-state index is 0.0854. The third-order valence-corrected chi connectivity index (χ3v) is 3.66. The van der Waals surface area contributed by atoms with E-state index in [1.807, 2.05) is 25.3 Å². The molecule has 2 aromatic rings. The van der Waals surface area contributed by atoms with Crippen LogP contribution in [-0.4, -0.2) is 15.6 Å². The smallest absolute Gasteiger partial charge is 0.203 e. The van der Waals surface area contributed by atoms with Crippen LogP contribution >= 0.6 is 23.2 Å².